The van der Waals surface area contributed by atoms with Gasteiger partial charge in [0.1, 0.15) is 5.75 Å². The summed E-state index contributed by atoms with van der Waals surface area (Å²) in [6.45, 7) is 6.52. The number of carbonyl (C=O) groups excluding carboxylic acids is 1. The molecular weight excluding hydrogens is 318 g/mol. The van der Waals surface area contributed by atoms with E-state index >= 15 is 0 Å². The number of nitrogens with zero attached hydrogens (tertiary/aromatic N) is 1. The number of ether oxygens (including phenoxy) is 1. The second kappa shape index (κ2) is 8.96. The van der Waals surface area contributed by atoms with Crippen molar-refractivity contribution in [2.45, 2.75) is 38.6 Å². The Kier molecular flexibility index (Phi) is 7.26. The molecule has 0 spiro atoms. The van der Waals surface area contributed by atoms with Crippen molar-refractivity contribution in [2.75, 3.05) is 45.1 Å². The lowest BCUT2D eigenvalue weighted by Crippen LogP contribution is -2.45. The SMILES string of the molecule is CC1CCC(NS(=O)(=O)CC(=O)NCCN2CCOCC2)CC1. The van der Waals surface area contributed by atoms with Gasteiger partial charge in [-0.25, -0.2) is 13.1 Å². The maximum absolute atomic E-state index is 12.1. The van der Waals surface area contributed by atoms with Gasteiger partial charge in [-0.2, -0.15) is 0 Å². The number of sulfonamides is 1. The predicted octanol–water partition coefficient (Wildman–Crippen LogP) is -0.0671. The highest BCUT2D eigenvalue weighted by Crippen LogP contribution is 2.23. The van der Waals surface area contributed by atoms with Crippen molar-refractivity contribution >= 4 is 15.9 Å². The Labute approximate surface area is 139 Å². The van der Waals surface area contributed by atoms with Crippen LogP contribution in [-0.2, 0) is 19.6 Å². The fraction of sp³-hybridized carbons (Fsp3) is 0.933. The van der Waals surface area contributed by atoms with Crippen LogP contribution in [0.15, 0.2) is 0 Å². The van der Waals surface area contributed by atoms with Crippen molar-refractivity contribution in [2.24, 2.45) is 5.92 Å². The molecule has 0 aromatic carbocycles. The molecule has 0 radical (unpaired) electrons. The molecule has 8 heteroatoms. The van der Waals surface area contributed by atoms with Gasteiger partial charge in [0.05, 0.1) is 13.2 Å². The number of hydrogen-bond donors (Lipinski definition) is 2. The van der Waals surface area contributed by atoms with Crippen molar-refractivity contribution in [3.63, 3.8) is 0 Å². The van der Waals surface area contributed by atoms with Gasteiger partial charge in [0.2, 0.25) is 15.9 Å². The number of hydrogen-bond acceptors (Lipinski definition) is 5. The van der Waals surface area contributed by atoms with E-state index in [4.69, 9.17) is 4.74 Å². The highest BCUT2D eigenvalue weighted by Gasteiger charge is 2.24. The molecule has 2 rings (SSSR count). The fourth-order valence-corrected chi connectivity index (χ4v) is 4.35. The molecule has 1 amide bonds. The maximum Gasteiger partial charge on any atom is 0.236 e. The van der Waals surface area contributed by atoms with Gasteiger partial charge >= 0.3 is 0 Å². The zero-order valence-electron chi connectivity index (χ0n) is 13.9. The maximum atomic E-state index is 12.1. The third kappa shape index (κ3) is 7.15. The summed E-state index contributed by atoms with van der Waals surface area (Å²) in [5.41, 5.74) is 0. The first kappa shape index (κ1) is 18.6. The minimum absolute atomic E-state index is 0.0163. The molecule has 2 N–H and O–H groups in total. The van der Waals surface area contributed by atoms with E-state index < -0.39 is 21.7 Å². The number of rotatable bonds is 7. The van der Waals surface area contributed by atoms with Crippen molar-refractivity contribution in [1.29, 1.82) is 0 Å². The van der Waals surface area contributed by atoms with E-state index in [0.29, 0.717) is 25.7 Å². The van der Waals surface area contributed by atoms with E-state index in [1.807, 2.05) is 0 Å². The quantitative estimate of drug-likeness (QED) is 0.673. The molecule has 2 fully saturated rings. The smallest absolute Gasteiger partial charge is 0.236 e. The Morgan fingerprint density at radius 2 is 1.83 bits per heavy atom. The number of carbonyl (C=O) groups is 1. The van der Waals surface area contributed by atoms with Crippen LogP contribution in [0.4, 0.5) is 0 Å². The molecule has 0 atom stereocenters. The summed E-state index contributed by atoms with van der Waals surface area (Å²) in [6.07, 6.45) is 3.80. The van der Waals surface area contributed by atoms with Crippen molar-refractivity contribution in [3.05, 3.63) is 0 Å². The standard InChI is InChI=1S/C15H29N3O4S/c1-13-2-4-14(5-3-13)17-23(20,21)12-15(19)16-6-7-18-8-10-22-11-9-18/h13-14,17H,2-12H2,1H3,(H,16,19). The van der Waals surface area contributed by atoms with Crippen LogP contribution in [-0.4, -0.2) is 70.4 Å². The van der Waals surface area contributed by atoms with Gasteiger partial charge in [-0.3, -0.25) is 9.69 Å². The molecule has 0 aromatic heterocycles. The van der Waals surface area contributed by atoms with E-state index in [9.17, 15) is 13.2 Å². The van der Waals surface area contributed by atoms with Crippen LogP contribution < -0.4 is 10.0 Å². The van der Waals surface area contributed by atoms with Gasteiger partial charge in [0.25, 0.3) is 0 Å². The zero-order valence-corrected chi connectivity index (χ0v) is 14.7. The topological polar surface area (TPSA) is 87.7 Å². The molecule has 7 nitrogen and oxygen atoms in total. The third-order valence-corrected chi connectivity index (χ3v) is 5.87. The van der Waals surface area contributed by atoms with Crippen LogP contribution in [0, 0.1) is 5.92 Å². The molecule has 1 aliphatic carbocycles. The Morgan fingerprint density at radius 1 is 1.17 bits per heavy atom. The predicted molar refractivity (Wildman–Crippen MR) is 88.6 cm³/mol. The summed E-state index contributed by atoms with van der Waals surface area (Å²) >= 11 is 0. The van der Waals surface area contributed by atoms with Gasteiger partial charge in [-0.05, 0) is 31.6 Å². The summed E-state index contributed by atoms with van der Waals surface area (Å²) in [5.74, 6) is -0.253. The van der Waals surface area contributed by atoms with Gasteiger partial charge in [-0.15, -0.1) is 0 Å². The molecule has 23 heavy (non-hydrogen) atoms. The molecule has 1 saturated carbocycles. The summed E-state index contributed by atoms with van der Waals surface area (Å²) in [5, 5.41) is 2.69. The average molecular weight is 347 g/mol. The molecule has 1 aliphatic heterocycles. The van der Waals surface area contributed by atoms with Crippen LogP contribution >= 0.6 is 0 Å². The minimum atomic E-state index is -3.55. The van der Waals surface area contributed by atoms with E-state index in [0.717, 1.165) is 45.3 Å². The van der Waals surface area contributed by atoms with Crippen LogP contribution in [0.3, 0.4) is 0 Å². The fourth-order valence-electron chi connectivity index (χ4n) is 3.08. The van der Waals surface area contributed by atoms with Crippen LogP contribution in [0.5, 0.6) is 0 Å². The first-order chi connectivity index (χ1) is 10.9. The van der Waals surface area contributed by atoms with Crippen molar-refractivity contribution in [3.8, 4) is 0 Å². The van der Waals surface area contributed by atoms with E-state index in [-0.39, 0.29) is 6.04 Å². The van der Waals surface area contributed by atoms with Gasteiger partial charge in [0.15, 0.2) is 0 Å². The van der Waals surface area contributed by atoms with Crippen LogP contribution in [0.2, 0.25) is 0 Å². The third-order valence-electron chi connectivity index (χ3n) is 4.54. The lowest BCUT2D eigenvalue weighted by atomic mass is 9.88. The van der Waals surface area contributed by atoms with Gasteiger partial charge in [-0.1, -0.05) is 6.92 Å². The lowest BCUT2D eigenvalue weighted by molar-refractivity contribution is -0.118. The number of amides is 1. The molecule has 1 heterocycles. The Bertz CT molecular complexity index is 469. The molecule has 134 valence electrons. The Balaban J connectivity index is 1.64. The molecule has 0 unspecified atom stereocenters. The first-order valence-corrected chi connectivity index (χ1v) is 10.2. The highest BCUT2D eigenvalue weighted by atomic mass is 32.2. The van der Waals surface area contributed by atoms with E-state index in [2.05, 4.69) is 21.9 Å². The second-order valence-corrected chi connectivity index (χ2v) is 8.39. The van der Waals surface area contributed by atoms with Crippen molar-refractivity contribution in [1.82, 2.24) is 14.9 Å². The summed E-state index contributed by atoms with van der Waals surface area (Å²) < 4.78 is 32.0. The summed E-state index contributed by atoms with van der Waals surface area (Å²) in [4.78, 5) is 14.0. The molecule has 0 aromatic rings. The molecule has 2 aliphatic rings. The largest absolute Gasteiger partial charge is 0.379 e. The summed E-state index contributed by atoms with van der Waals surface area (Å²) in [6, 6.07) is -0.0163. The Hall–Kier alpha value is -0.700. The number of nitrogens with one attached hydrogen (secondary N) is 2. The zero-order chi connectivity index (χ0) is 16.7. The lowest BCUT2D eigenvalue weighted by Gasteiger charge is -2.27. The molecule has 0 bridgehead atoms. The van der Waals surface area contributed by atoms with E-state index in [1.165, 1.54) is 0 Å². The molecular formula is C15H29N3O4S. The van der Waals surface area contributed by atoms with Crippen LogP contribution in [0.1, 0.15) is 32.6 Å². The van der Waals surface area contributed by atoms with Crippen molar-refractivity contribution < 1.29 is 17.9 Å². The second-order valence-electron chi connectivity index (χ2n) is 6.64. The molecule has 1 saturated heterocycles. The van der Waals surface area contributed by atoms with Gasteiger partial charge < -0.3 is 10.1 Å². The number of morpholine rings is 1. The Morgan fingerprint density at radius 3 is 2.48 bits per heavy atom. The first-order valence-electron chi connectivity index (χ1n) is 8.51. The van der Waals surface area contributed by atoms with Crippen LogP contribution in [0.25, 0.3) is 0 Å². The van der Waals surface area contributed by atoms with Gasteiger partial charge in [0, 0.05) is 32.2 Å². The highest BCUT2D eigenvalue weighted by molar-refractivity contribution is 7.90. The minimum Gasteiger partial charge on any atom is -0.379 e. The average Bonchev–Trinajstić information content (AvgIpc) is 2.50. The summed E-state index contributed by atoms with van der Waals surface area (Å²) in [7, 11) is -3.55. The normalized spacial score (nSPS) is 26.8. The van der Waals surface area contributed by atoms with E-state index in [1.54, 1.807) is 0 Å². The monoisotopic (exact) mass is 347 g/mol.